The zero-order valence-corrected chi connectivity index (χ0v) is 22.1. The molecule has 0 aliphatic carbocycles. The molecule has 0 fully saturated rings. The SMILES string of the molecule is CCNC(=NCC(CCO)CC(C)C)NCCC(C)N(C)C(=O)OC(C)(C)C.I. The van der Waals surface area contributed by atoms with E-state index in [1.807, 2.05) is 34.6 Å². The number of carbonyl (C=O) groups excluding carboxylic acids is 1. The summed E-state index contributed by atoms with van der Waals surface area (Å²) in [5, 5.41) is 15.9. The molecule has 0 rings (SSSR count). The van der Waals surface area contributed by atoms with Crippen LogP contribution in [-0.2, 0) is 4.74 Å². The fourth-order valence-electron chi connectivity index (χ4n) is 2.80. The molecule has 0 heterocycles. The van der Waals surface area contributed by atoms with E-state index < -0.39 is 5.60 Å². The number of ether oxygens (including phenoxy) is 1. The Hall–Kier alpha value is -0.770. The first-order valence-corrected chi connectivity index (χ1v) is 10.6. The number of guanidine groups is 1. The lowest BCUT2D eigenvalue weighted by Gasteiger charge is -2.29. The number of nitrogens with one attached hydrogen (secondary N) is 2. The molecule has 8 heteroatoms. The Morgan fingerprint density at radius 1 is 1.17 bits per heavy atom. The molecule has 0 bridgehead atoms. The minimum absolute atomic E-state index is 0. The predicted molar refractivity (Wildman–Crippen MR) is 132 cm³/mol. The van der Waals surface area contributed by atoms with E-state index >= 15 is 0 Å². The van der Waals surface area contributed by atoms with Crippen molar-refractivity contribution in [2.24, 2.45) is 16.8 Å². The Morgan fingerprint density at radius 2 is 1.79 bits per heavy atom. The highest BCUT2D eigenvalue weighted by Gasteiger charge is 2.22. The summed E-state index contributed by atoms with van der Waals surface area (Å²) in [4.78, 5) is 18.5. The van der Waals surface area contributed by atoms with Gasteiger partial charge >= 0.3 is 6.09 Å². The van der Waals surface area contributed by atoms with Crippen LogP contribution >= 0.6 is 24.0 Å². The molecule has 0 aromatic carbocycles. The van der Waals surface area contributed by atoms with Crippen molar-refractivity contribution in [2.75, 3.05) is 33.3 Å². The fraction of sp³-hybridized carbons (Fsp3) is 0.905. The maximum absolute atomic E-state index is 12.2. The summed E-state index contributed by atoms with van der Waals surface area (Å²) in [5.74, 6) is 1.76. The van der Waals surface area contributed by atoms with Crippen LogP contribution in [0, 0.1) is 11.8 Å². The van der Waals surface area contributed by atoms with Gasteiger partial charge in [0.15, 0.2) is 5.96 Å². The van der Waals surface area contributed by atoms with Crippen molar-refractivity contribution in [2.45, 2.75) is 79.4 Å². The first kappa shape index (κ1) is 30.4. The molecule has 29 heavy (non-hydrogen) atoms. The first-order chi connectivity index (χ1) is 13.0. The van der Waals surface area contributed by atoms with Crippen LogP contribution in [0.2, 0.25) is 0 Å². The van der Waals surface area contributed by atoms with Gasteiger partial charge in [0.05, 0.1) is 0 Å². The van der Waals surface area contributed by atoms with E-state index in [-0.39, 0.29) is 42.7 Å². The molecule has 0 aromatic heterocycles. The molecular formula is C21H45IN4O3. The van der Waals surface area contributed by atoms with Crippen LogP contribution in [0.3, 0.4) is 0 Å². The number of aliphatic imine (C=N–C) groups is 1. The third kappa shape index (κ3) is 15.7. The van der Waals surface area contributed by atoms with Gasteiger partial charge in [0.2, 0.25) is 0 Å². The highest BCUT2D eigenvalue weighted by atomic mass is 127. The van der Waals surface area contributed by atoms with Crippen LogP contribution < -0.4 is 10.6 Å². The molecule has 0 aromatic rings. The summed E-state index contributed by atoms with van der Waals surface area (Å²) in [6.07, 6.45) is 2.31. The summed E-state index contributed by atoms with van der Waals surface area (Å²) >= 11 is 0. The van der Waals surface area contributed by atoms with Crippen LogP contribution in [0.5, 0.6) is 0 Å². The monoisotopic (exact) mass is 528 g/mol. The molecule has 0 radical (unpaired) electrons. The van der Waals surface area contributed by atoms with Gasteiger partial charge in [-0.3, -0.25) is 4.99 Å². The van der Waals surface area contributed by atoms with E-state index in [4.69, 9.17) is 4.74 Å². The quantitative estimate of drug-likeness (QED) is 0.216. The highest BCUT2D eigenvalue weighted by molar-refractivity contribution is 14.0. The molecular weight excluding hydrogens is 483 g/mol. The van der Waals surface area contributed by atoms with Crippen molar-refractivity contribution in [3.63, 3.8) is 0 Å². The summed E-state index contributed by atoms with van der Waals surface area (Å²) in [7, 11) is 1.77. The number of hydrogen-bond acceptors (Lipinski definition) is 4. The van der Waals surface area contributed by atoms with Gasteiger partial charge in [0.25, 0.3) is 0 Å². The van der Waals surface area contributed by atoms with E-state index in [2.05, 4.69) is 29.5 Å². The van der Waals surface area contributed by atoms with Gasteiger partial charge in [-0.05, 0) is 65.7 Å². The van der Waals surface area contributed by atoms with Gasteiger partial charge in [-0.2, -0.15) is 0 Å². The lowest BCUT2D eigenvalue weighted by Crippen LogP contribution is -2.43. The third-order valence-electron chi connectivity index (χ3n) is 4.39. The lowest BCUT2D eigenvalue weighted by atomic mass is 9.94. The smallest absolute Gasteiger partial charge is 0.410 e. The number of amides is 1. The Kier molecular flexibility index (Phi) is 16.8. The van der Waals surface area contributed by atoms with Crippen LogP contribution in [0.1, 0.15) is 67.7 Å². The van der Waals surface area contributed by atoms with Gasteiger partial charge < -0.3 is 25.4 Å². The second kappa shape index (κ2) is 16.0. The maximum Gasteiger partial charge on any atom is 0.410 e. The summed E-state index contributed by atoms with van der Waals surface area (Å²) in [6, 6.07) is 0.0494. The van der Waals surface area contributed by atoms with E-state index in [1.54, 1.807) is 11.9 Å². The van der Waals surface area contributed by atoms with Gasteiger partial charge in [-0.1, -0.05) is 13.8 Å². The van der Waals surface area contributed by atoms with Crippen molar-refractivity contribution >= 4 is 36.0 Å². The maximum atomic E-state index is 12.2. The minimum atomic E-state index is -0.491. The average Bonchev–Trinajstić information content (AvgIpc) is 2.56. The number of carbonyl (C=O) groups is 1. The van der Waals surface area contributed by atoms with Crippen molar-refractivity contribution < 1.29 is 14.6 Å². The Bertz CT molecular complexity index is 467. The van der Waals surface area contributed by atoms with Crippen molar-refractivity contribution in [1.82, 2.24) is 15.5 Å². The highest BCUT2D eigenvalue weighted by Crippen LogP contribution is 2.15. The van der Waals surface area contributed by atoms with Crippen molar-refractivity contribution in [3.8, 4) is 0 Å². The number of rotatable bonds is 11. The van der Waals surface area contributed by atoms with Gasteiger partial charge in [-0.25, -0.2) is 4.79 Å². The molecule has 0 aliphatic heterocycles. The average molecular weight is 529 g/mol. The van der Waals surface area contributed by atoms with Crippen LogP contribution in [0.15, 0.2) is 4.99 Å². The number of aliphatic hydroxyl groups excluding tert-OH is 1. The molecule has 0 aliphatic rings. The van der Waals surface area contributed by atoms with Crippen molar-refractivity contribution in [3.05, 3.63) is 0 Å². The van der Waals surface area contributed by atoms with Gasteiger partial charge in [0.1, 0.15) is 5.60 Å². The Labute approximate surface area is 195 Å². The third-order valence-corrected chi connectivity index (χ3v) is 4.39. The van der Waals surface area contributed by atoms with Gasteiger partial charge in [0, 0.05) is 39.3 Å². The summed E-state index contributed by atoms with van der Waals surface area (Å²) in [6.45, 7) is 16.4. The van der Waals surface area contributed by atoms with Crippen LogP contribution in [0.25, 0.3) is 0 Å². The second-order valence-corrected chi connectivity index (χ2v) is 8.88. The van der Waals surface area contributed by atoms with E-state index in [0.717, 1.165) is 31.8 Å². The Balaban J connectivity index is 0. The summed E-state index contributed by atoms with van der Waals surface area (Å²) in [5.41, 5.74) is -0.491. The van der Waals surface area contributed by atoms with Crippen LogP contribution in [0.4, 0.5) is 4.79 Å². The number of aliphatic hydroxyl groups is 1. The molecule has 0 spiro atoms. The van der Waals surface area contributed by atoms with Crippen molar-refractivity contribution in [1.29, 1.82) is 0 Å². The number of nitrogens with zero attached hydrogens (tertiary/aromatic N) is 2. The number of hydrogen-bond donors (Lipinski definition) is 3. The molecule has 0 saturated heterocycles. The zero-order valence-electron chi connectivity index (χ0n) is 19.7. The van der Waals surface area contributed by atoms with Crippen LogP contribution in [-0.4, -0.2) is 67.0 Å². The molecule has 174 valence electrons. The Morgan fingerprint density at radius 3 is 2.28 bits per heavy atom. The second-order valence-electron chi connectivity index (χ2n) is 8.88. The molecule has 1 amide bonds. The lowest BCUT2D eigenvalue weighted by molar-refractivity contribution is 0.0230. The van der Waals surface area contributed by atoms with Gasteiger partial charge in [-0.15, -0.1) is 24.0 Å². The number of halogens is 1. The largest absolute Gasteiger partial charge is 0.444 e. The summed E-state index contributed by atoms with van der Waals surface area (Å²) < 4.78 is 5.42. The molecule has 0 saturated carbocycles. The van der Waals surface area contributed by atoms with E-state index in [9.17, 15) is 9.90 Å². The molecule has 2 unspecified atom stereocenters. The zero-order chi connectivity index (χ0) is 21.7. The minimum Gasteiger partial charge on any atom is -0.444 e. The first-order valence-electron chi connectivity index (χ1n) is 10.6. The van der Waals surface area contributed by atoms with E-state index in [1.165, 1.54) is 0 Å². The molecule has 3 N–H and O–H groups in total. The molecule has 7 nitrogen and oxygen atoms in total. The molecule has 2 atom stereocenters. The standard InChI is InChI=1S/C21H44N4O3.HI/c1-9-22-19(24-15-18(11-13-26)14-16(2)3)23-12-10-17(4)25(8)20(27)28-21(5,6)7;/h16-18,26H,9-15H2,1-8H3,(H2,22,23,24);1H. The topological polar surface area (TPSA) is 86.2 Å². The predicted octanol–water partition coefficient (Wildman–Crippen LogP) is 3.85. The fourth-order valence-corrected chi connectivity index (χ4v) is 2.80. The normalized spacial score (nSPS) is 14.1. The van der Waals surface area contributed by atoms with E-state index in [0.29, 0.717) is 24.9 Å².